The van der Waals surface area contributed by atoms with Gasteiger partial charge in [-0.2, -0.15) is 10.4 Å². The molecule has 1 heterocycles. The first kappa shape index (κ1) is 18.7. The molecule has 8 heteroatoms. The molecule has 3 aromatic rings. The lowest BCUT2D eigenvalue weighted by molar-refractivity contribution is -0.121. The molecular weight excluding hydrogens is 358 g/mol. The zero-order chi connectivity index (χ0) is 19.9. The fourth-order valence-corrected chi connectivity index (χ4v) is 2.49. The van der Waals surface area contributed by atoms with E-state index in [2.05, 4.69) is 16.0 Å². The van der Waals surface area contributed by atoms with Gasteiger partial charge in [-0.1, -0.05) is 30.3 Å². The number of benzene rings is 2. The van der Waals surface area contributed by atoms with Gasteiger partial charge in [-0.3, -0.25) is 20.4 Å². The van der Waals surface area contributed by atoms with Crippen molar-refractivity contribution < 1.29 is 14.7 Å². The van der Waals surface area contributed by atoms with Gasteiger partial charge in [-0.05, 0) is 36.2 Å². The van der Waals surface area contributed by atoms with Crippen molar-refractivity contribution >= 4 is 11.8 Å². The van der Waals surface area contributed by atoms with Crippen LogP contribution < -0.4 is 10.9 Å². The number of aromatic hydroxyl groups is 1. The predicted octanol–water partition coefficient (Wildman–Crippen LogP) is 1.84. The van der Waals surface area contributed by atoms with Gasteiger partial charge in [0.05, 0.1) is 23.5 Å². The van der Waals surface area contributed by atoms with Crippen molar-refractivity contribution in [3.8, 4) is 17.5 Å². The van der Waals surface area contributed by atoms with E-state index in [-0.39, 0.29) is 23.8 Å². The van der Waals surface area contributed by atoms with Gasteiger partial charge in [0.25, 0.3) is 5.91 Å². The van der Waals surface area contributed by atoms with Crippen LogP contribution >= 0.6 is 0 Å². The van der Waals surface area contributed by atoms with E-state index in [4.69, 9.17) is 5.26 Å². The Hall–Kier alpha value is -4.12. The van der Waals surface area contributed by atoms with Gasteiger partial charge in [0, 0.05) is 6.42 Å². The first-order chi connectivity index (χ1) is 13.6. The Bertz CT molecular complexity index is 1020. The summed E-state index contributed by atoms with van der Waals surface area (Å²) < 4.78 is 1.37. The molecule has 0 saturated carbocycles. The first-order valence-corrected chi connectivity index (χ1v) is 8.49. The van der Waals surface area contributed by atoms with Crippen LogP contribution in [0.3, 0.4) is 0 Å². The highest BCUT2D eigenvalue weighted by molar-refractivity contribution is 5.95. The van der Waals surface area contributed by atoms with Crippen LogP contribution in [-0.4, -0.2) is 26.7 Å². The largest absolute Gasteiger partial charge is 0.504 e. The van der Waals surface area contributed by atoms with Crippen molar-refractivity contribution in [3.63, 3.8) is 0 Å². The van der Waals surface area contributed by atoms with Gasteiger partial charge in [-0.15, -0.1) is 0 Å². The first-order valence-electron chi connectivity index (χ1n) is 8.49. The van der Waals surface area contributed by atoms with Gasteiger partial charge in [0.2, 0.25) is 5.91 Å². The second-order valence-electron chi connectivity index (χ2n) is 5.95. The number of carbonyl (C=O) groups is 2. The summed E-state index contributed by atoms with van der Waals surface area (Å²) in [6, 6.07) is 18.0. The highest BCUT2D eigenvalue weighted by Crippen LogP contribution is 2.17. The van der Waals surface area contributed by atoms with E-state index in [0.717, 1.165) is 5.56 Å². The molecule has 8 nitrogen and oxygen atoms in total. The summed E-state index contributed by atoms with van der Waals surface area (Å²) in [5, 5.41) is 22.8. The highest BCUT2D eigenvalue weighted by Gasteiger charge is 2.17. The molecule has 140 valence electrons. The number of hydrogen-bond donors (Lipinski definition) is 3. The third-order valence-corrected chi connectivity index (χ3v) is 3.97. The number of aryl methyl sites for hydroxylation is 1. The fourth-order valence-electron chi connectivity index (χ4n) is 2.49. The number of nitriles is 1. The molecule has 0 radical (unpaired) electrons. The van der Waals surface area contributed by atoms with Crippen molar-refractivity contribution in [2.24, 2.45) is 0 Å². The monoisotopic (exact) mass is 375 g/mol. The van der Waals surface area contributed by atoms with E-state index in [1.165, 1.54) is 10.9 Å². The van der Waals surface area contributed by atoms with Crippen LogP contribution in [0.5, 0.6) is 5.75 Å². The SMILES string of the molecule is N#Cc1ccc(CCC(=O)NNC(=O)c2nn(-c3ccccc3)cc2O)cc1. The third-order valence-electron chi connectivity index (χ3n) is 3.97. The molecule has 0 saturated heterocycles. The number of hydrazine groups is 1. The van der Waals surface area contributed by atoms with E-state index in [0.29, 0.717) is 17.7 Å². The highest BCUT2D eigenvalue weighted by atomic mass is 16.3. The van der Waals surface area contributed by atoms with Gasteiger partial charge in [0.15, 0.2) is 11.4 Å². The summed E-state index contributed by atoms with van der Waals surface area (Å²) in [6.07, 6.45) is 1.93. The molecule has 28 heavy (non-hydrogen) atoms. The Labute approximate surface area is 161 Å². The van der Waals surface area contributed by atoms with Crippen LogP contribution in [0.15, 0.2) is 60.8 Å². The minimum Gasteiger partial charge on any atom is -0.504 e. The van der Waals surface area contributed by atoms with E-state index in [9.17, 15) is 14.7 Å². The topological polar surface area (TPSA) is 120 Å². The van der Waals surface area contributed by atoms with Gasteiger partial charge < -0.3 is 5.11 Å². The number of nitrogens with zero attached hydrogens (tertiary/aromatic N) is 3. The zero-order valence-electron chi connectivity index (χ0n) is 14.8. The van der Waals surface area contributed by atoms with E-state index < -0.39 is 5.91 Å². The maximum absolute atomic E-state index is 12.2. The Balaban J connectivity index is 1.53. The molecule has 1 aromatic heterocycles. The number of nitrogens with one attached hydrogen (secondary N) is 2. The molecule has 0 aliphatic carbocycles. The Kier molecular flexibility index (Phi) is 5.67. The molecule has 3 N–H and O–H groups in total. The fraction of sp³-hybridized carbons (Fsp3) is 0.100. The van der Waals surface area contributed by atoms with Crippen molar-refractivity contribution in [1.82, 2.24) is 20.6 Å². The Morgan fingerprint density at radius 1 is 1.07 bits per heavy atom. The molecule has 0 atom stereocenters. The number of hydrogen-bond acceptors (Lipinski definition) is 5. The normalized spacial score (nSPS) is 10.1. The molecule has 0 aliphatic heterocycles. The van der Waals surface area contributed by atoms with Gasteiger partial charge in [0.1, 0.15) is 0 Å². The third kappa shape index (κ3) is 4.53. The molecule has 0 fully saturated rings. The molecule has 0 aliphatic rings. The minimum atomic E-state index is -0.723. The van der Waals surface area contributed by atoms with Crippen molar-refractivity contribution in [2.45, 2.75) is 12.8 Å². The standard InChI is InChI=1S/C20H17N5O3/c21-12-15-8-6-14(7-9-15)10-11-18(27)22-23-20(28)19-17(26)13-25(24-19)16-4-2-1-3-5-16/h1-9,13,26H,10-11H2,(H,22,27)(H,23,28). The summed E-state index contributed by atoms with van der Waals surface area (Å²) in [6.45, 7) is 0. The zero-order valence-corrected chi connectivity index (χ0v) is 14.8. The van der Waals surface area contributed by atoms with E-state index in [1.54, 1.807) is 36.4 Å². The average Bonchev–Trinajstić information content (AvgIpc) is 3.13. The van der Waals surface area contributed by atoms with Crippen molar-refractivity contribution in [1.29, 1.82) is 5.26 Å². The number of carbonyl (C=O) groups excluding carboxylic acids is 2. The second-order valence-corrected chi connectivity index (χ2v) is 5.95. The summed E-state index contributed by atoms with van der Waals surface area (Å²) in [5.41, 5.74) is 6.48. The Morgan fingerprint density at radius 2 is 1.79 bits per heavy atom. The van der Waals surface area contributed by atoms with Crippen LogP contribution in [0.2, 0.25) is 0 Å². The maximum atomic E-state index is 12.2. The van der Waals surface area contributed by atoms with Gasteiger partial charge in [-0.25, -0.2) is 4.68 Å². The van der Waals surface area contributed by atoms with Crippen LogP contribution in [0, 0.1) is 11.3 Å². The number of amides is 2. The molecule has 3 rings (SSSR count). The second kappa shape index (κ2) is 8.51. The quantitative estimate of drug-likeness (QED) is 0.588. The van der Waals surface area contributed by atoms with Gasteiger partial charge >= 0.3 is 0 Å². The van der Waals surface area contributed by atoms with E-state index >= 15 is 0 Å². The lowest BCUT2D eigenvalue weighted by Crippen LogP contribution is -2.42. The summed E-state index contributed by atoms with van der Waals surface area (Å²) >= 11 is 0. The van der Waals surface area contributed by atoms with Crippen molar-refractivity contribution in [3.05, 3.63) is 77.6 Å². The number of para-hydroxylation sites is 1. The lowest BCUT2D eigenvalue weighted by Gasteiger charge is -2.06. The lowest BCUT2D eigenvalue weighted by atomic mass is 10.1. The number of aromatic nitrogens is 2. The van der Waals surface area contributed by atoms with Crippen LogP contribution in [0.1, 0.15) is 28.0 Å². The summed E-state index contributed by atoms with van der Waals surface area (Å²) in [5.74, 6) is -1.41. The number of rotatable bonds is 5. The van der Waals surface area contributed by atoms with Crippen LogP contribution in [-0.2, 0) is 11.2 Å². The molecule has 0 spiro atoms. The summed E-state index contributed by atoms with van der Waals surface area (Å²) in [7, 11) is 0. The van der Waals surface area contributed by atoms with Crippen molar-refractivity contribution in [2.75, 3.05) is 0 Å². The molecular formula is C20H17N5O3. The predicted molar refractivity (Wildman–Crippen MR) is 100 cm³/mol. The molecule has 2 amide bonds. The van der Waals surface area contributed by atoms with Crippen LogP contribution in [0.4, 0.5) is 0 Å². The average molecular weight is 375 g/mol. The summed E-state index contributed by atoms with van der Waals surface area (Å²) in [4.78, 5) is 24.1. The molecule has 2 aromatic carbocycles. The smallest absolute Gasteiger partial charge is 0.294 e. The molecule has 0 unspecified atom stereocenters. The minimum absolute atomic E-state index is 0.149. The Morgan fingerprint density at radius 3 is 2.46 bits per heavy atom. The molecule has 0 bridgehead atoms. The van der Waals surface area contributed by atoms with E-state index in [1.807, 2.05) is 24.3 Å². The van der Waals surface area contributed by atoms with Crippen LogP contribution in [0.25, 0.3) is 5.69 Å². The maximum Gasteiger partial charge on any atom is 0.294 e.